The first kappa shape index (κ1) is 7.47. The number of phenolic OH excluding ortho intramolecular Hbond substituents is 1. The van der Waals surface area contributed by atoms with Gasteiger partial charge in [-0.1, -0.05) is 6.92 Å². The lowest BCUT2D eigenvalue weighted by molar-refractivity contribution is 0.233. The smallest absolute Gasteiger partial charge is 0.122 e. The molecule has 2 rings (SSSR count). The summed E-state index contributed by atoms with van der Waals surface area (Å²) in [5.41, 5.74) is 1.12. The lowest BCUT2D eigenvalue weighted by Gasteiger charge is -2.22. The minimum atomic E-state index is 0.325. The number of hydrogen-bond donors (Lipinski definition) is 1. The van der Waals surface area contributed by atoms with E-state index in [1.807, 2.05) is 6.07 Å². The molecular formula is C10H12O2. The number of hydrogen-bond acceptors (Lipinski definition) is 2. The van der Waals surface area contributed by atoms with Gasteiger partial charge in [0.2, 0.25) is 0 Å². The molecule has 2 heteroatoms. The maximum atomic E-state index is 9.22. The Labute approximate surface area is 71.8 Å². The average molecular weight is 164 g/mol. The molecule has 0 amide bonds. The molecule has 1 aliphatic heterocycles. The minimum absolute atomic E-state index is 0.325. The molecular weight excluding hydrogens is 152 g/mol. The minimum Gasteiger partial charge on any atom is -0.508 e. The molecule has 1 aromatic rings. The topological polar surface area (TPSA) is 29.5 Å². The zero-order valence-corrected chi connectivity index (χ0v) is 7.08. The second-order valence-electron chi connectivity index (χ2n) is 3.41. The van der Waals surface area contributed by atoms with E-state index in [0.29, 0.717) is 11.7 Å². The highest BCUT2D eigenvalue weighted by atomic mass is 16.5. The summed E-state index contributed by atoms with van der Waals surface area (Å²) >= 11 is 0. The summed E-state index contributed by atoms with van der Waals surface area (Å²) in [7, 11) is 0. The van der Waals surface area contributed by atoms with Crippen LogP contribution in [0.15, 0.2) is 18.2 Å². The third-order valence-corrected chi connectivity index (χ3v) is 2.14. The molecule has 0 spiro atoms. The lowest BCUT2D eigenvalue weighted by atomic mass is 9.98. The van der Waals surface area contributed by atoms with Crippen molar-refractivity contribution in [2.24, 2.45) is 5.92 Å². The van der Waals surface area contributed by atoms with Crippen molar-refractivity contribution in [3.8, 4) is 11.5 Å². The molecule has 1 aromatic carbocycles. The van der Waals surface area contributed by atoms with Gasteiger partial charge in [-0.2, -0.15) is 0 Å². The third kappa shape index (κ3) is 1.24. The molecule has 1 aliphatic rings. The van der Waals surface area contributed by atoms with Crippen LogP contribution >= 0.6 is 0 Å². The standard InChI is InChI=1S/C10H12O2/c1-7-4-8-5-9(11)2-3-10(8)12-6-7/h2-3,5,7,11H,4,6H2,1H3. The van der Waals surface area contributed by atoms with Gasteiger partial charge < -0.3 is 9.84 Å². The molecule has 12 heavy (non-hydrogen) atoms. The van der Waals surface area contributed by atoms with E-state index in [0.717, 1.165) is 24.3 Å². The van der Waals surface area contributed by atoms with E-state index in [1.165, 1.54) is 0 Å². The first-order chi connectivity index (χ1) is 5.75. The molecule has 0 bridgehead atoms. The van der Waals surface area contributed by atoms with Crippen LogP contribution < -0.4 is 4.74 Å². The zero-order valence-electron chi connectivity index (χ0n) is 7.08. The first-order valence-electron chi connectivity index (χ1n) is 4.20. The fourth-order valence-electron chi connectivity index (χ4n) is 1.53. The summed E-state index contributed by atoms with van der Waals surface area (Å²) in [6, 6.07) is 5.27. The van der Waals surface area contributed by atoms with Crippen molar-refractivity contribution in [1.29, 1.82) is 0 Å². The van der Waals surface area contributed by atoms with Gasteiger partial charge in [0, 0.05) is 0 Å². The van der Waals surface area contributed by atoms with Gasteiger partial charge in [0.15, 0.2) is 0 Å². The van der Waals surface area contributed by atoms with E-state index in [4.69, 9.17) is 4.74 Å². The van der Waals surface area contributed by atoms with Gasteiger partial charge in [-0.3, -0.25) is 0 Å². The van der Waals surface area contributed by atoms with Crippen LogP contribution in [0.4, 0.5) is 0 Å². The Morgan fingerprint density at radius 2 is 2.33 bits per heavy atom. The van der Waals surface area contributed by atoms with Gasteiger partial charge in [-0.05, 0) is 36.1 Å². The first-order valence-corrected chi connectivity index (χ1v) is 4.20. The van der Waals surface area contributed by atoms with Crippen LogP contribution in [0.1, 0.15) is 12.5 Å². The third-order valence-electron chi connectivity index (χ3n) is 2.14. The molecule has 0 fully saturated rings. The van der Waals surface area contributed by atoms with Gasteiger partial charge in [0.25, 0.3) is 0 Å². The van der Waals surface area contributed by atoms with Crippen LogP contribution in [0.25, 0.3) is 0 Å². The highest BCUT2D eigenvalue weighted by Gasteiger charge is 2.15. The number of ether oxygens (including phenoxy) is 1. The van der Waals surface area contributed by atoms with Crippen molar-refractivity contribution in [1.82, 2.24) is 0 Å². The number of phenols is 1. The van der Waals surface area contributed by atoms with Gasteiger partial charge in [-0.25, -0.2) is 0 Å². The van der Waals surface area contributed by atoms with E-state index in [2.05, 4.69) is 6.92 Å². The Morgan fingerprint density at radius 1 is 1.50 bits per heavy atom. The van der Waals surface area contributed by atoms with Crippen LogP contribution in [0.2, 0.25) is 0 Å². The molecule has 1 unspecified atom stereocenters. The van der Waals surface area contributed by atoms with Crippen molar-refractivity contribution in [2.45, 2.75) is 13.3 Å². The predicted molar refractivity (Wildman–Crippen MR) is 46.5 cm³/mol. The average Bonchev–Trinajstić information content (AvgIpc) is 2.03. The molecule has 1 heterocycles. The van der Waals surface area contributed by atoms with Crippen LogP contribution in [0, 0.1) is 5.92 Å². The fourth-order valence-corrected chi connectivity index (χ4v) is 1.53. The monoisotopic (exact) mass is 164 g/mol. The van der Waals surface area contributed by atoms with Crippen LogP contribution in [0.3, 0.4) is 0 Å². The zero-order chi connectivity index (χ0) is 8.55. The van der Waals surface area contributed by atoms with Gasteiger partial charge in [0.05, 0.1) is 6.61 Å². The Hall–Kier alpha value is -1.18. The summed E-state index contributed by atoms with van der Waals surface area (Å²) in [6.07, 6.45) is 1.00. The van der Waals surface area contributed by atoms with E-state index in [-0.39, 0.29) is 0 Å². The molecule has 64 valence electrons. The van der Waals surface area contributed by atoms with Crippen molar-refractivity contribution < 1.29 is 9.84 Å². The normalized spacial score (nSPS) is 21.2. The van der Waals surface area contributed by atoms with Gasteiger partial charge >= 0.3 is 0 Å². The Balaban J connectivity index is 2.37. The second-order valence-corrected chi connectivity index (χ2v) is 3.41. The molecule has 1 N–H and O–H groups in total. The number of benzene rings is 1. The van der Waals surface area contributed by atoms with Crippen LogP contribution in [-0.4, -0.2) is 11.7 Å². The maximum absolute atomic E-state index is 9.22. The summed E-state index contributed by atoms with van der Waals surface area (Å²) < 4.78 is 5.48. The van der Waals surface area contributed by atoms with Gasteiger partial charge in [0.1, 0.15) is 11.5 Å². The number of fused-ring (bicyclic) bond motifs is 1. The van der Waals surface area contributed by atoms with E-state index >= 15 is 0 Å². The Bertz CT molecular complexity index is 294. The maximum Gasteiger partial charge on any atom is 0.122 e. The highest BCUT2D eigenvalue weighted by Crippen LogP contribution is 2.29. The number of rotatable bonds is 0. The predicted octanol–water partition coefficient (Wildman–Crippen LogP) is 1.96. The largest absolute Gasteiger partial charge is 0.508 e. The van der Waals surface area contributed by atoms with Crippen molar-refractivity contribution in [2.75, 3.05) is 6.61 Å². The molecule has 0 radical (unpaired) electrons. The highest BCUT2D eigenvalue weighted by molar-refractivity contribution is 5.40. The van der Waals surface area contributed by atoms with Gasteiger partial charge in [-0.15, -0.1) is 0 Å². The molecule has 2 nitrogen and oxygen atoms in total. The van der Waals surface area contributed by atoms with E-state index < -0.39 is 0 Å². The lowest BCUT2D eigenvalue weighted by Crippen LogP contribution is -2.17. The van der Waals surface area contributed by atoms with E-state index in [1.54, 1.807) is 12.1 Å². The number of aromatic hydroxyl groups is 1. The molecule has 0 saturated heterocycles. The van der Waals surface area contributed by atoms with Crippen LogP contribution in [0.5, 0.6) is 11.5 Å². The Kier molecular flexibility index (Phi) is 1.68. The van der Waals surface area contributed by atoms with Crippen molar-refractivity contribution in [3.63, 3.8) is 0 Å². The molecule has 0 aliphatic carbocycles. The fraction of sp³-hybridized carbons (Fsp3) is 0.400. The van der Waals surface area contributed by atoms with Crippen LogP contribution in [-0.2, 0) is 6.42 Å². The second kappa shape index (κ2) is 2.70. The summed E-state index contributed by atoms with van der Waals surface area (Å²) in [5.74, 6) is 1.80. The molecule has 1 atom stereocenters. The van der Waals surface area contributed by atoms with E-state index in [9.17, 15) is 5.11 Å². The van der Waals surface area contributed by atoms with Crippen molar-refractivity contribution >= 4 is 0 Å². The van der Waals surface area contributed by atoms with Crippen molar-refractivity contribution in [3.05, 3.63) is 23.8 Å². The summed E-state index contributed by atoms with van der Waals surface area (Å²) in [6.45, 7) is 2.94. The summed E-state index contributed by atoms with van der Waals surface area (Å²) in [4.78, 5) is 0. The SMILES string of the molecule is CC1COc2ccc(O)cc2C1. The molecule has 0 saturated carbocycles. The quantitative estimate of drug-likeness (QED) is 0.635. The molecule has 0 aromatic heterocycles. The summed E-state index contributed by atoms with van der Waals surface area (Å²) in [5, 5.41) is 9.22. The Morgan fingerprint density at radius 3 is 3.17 bits per heavy atom.